The molecular weight excluding hydrogens is 321 g/mol. The predicted octanol–water partition coefficient (Wildman–Crippen LogP) is 3.66. The minimum atomic E-state index is -0.457. The Balaban J connectivity index is 2.14. The summed E-state index contributed by atoms with van der Waals surface area (Å²) in [6, 6.07) is 5.33. The van der Waals surface area contributed by atoms with Gasteiger partial charge in [-0.1, -0.05) is 37.0 Å². The third-order valence-electron chi connectivity index (χ3n) is 3.68. The van der Waals surface area contributed by atoms with Crippen LogP contribution < -0.4 is 5.32 Å². The molecule has 2 aromatic rings. The zero-order chi connectivity index (χ0) is 16.1. The van der Waals surface area contributed by atoms with Gasteiger partial charge in [0.25, 0.3) is 0 Å². The summed E-state index contributed by atoms with van der Waals surface area (Å²) in [7, 11) is 0. The van der Waals surface area contributed by atoms with Gasteiger partial charge in [-0.05, 0) is 31.3 Å². The second kappa shape index (κ2) is 7.97. The van der Waals surface area contributed by atoms with Crippen LogP contribution in [0.25, 0.3) is 10.9 Å². The minimum Gasteiger partial charge on any atom is -0.390 e. The van der Waals surface area contributed by atoms with Crippen molar-refractivity contribution in [1.82, 2.24) is 9.88 Å². The highest BCUT2D eigenvalue weighted by Crippen LogP contribution is 2.33. The van der Waals surface area contributed by atoms with E-state index < -0.39 is 6.10 Å². The summed E-state index contributed by atoms with van der Waals surface area (Å²) in [5.41, 5.74) is 1.49. The normalized spacial score (nSPS) is 12.8. The lowest BCUT2D eigenvalue weighted by Gasteiger charge is -2.22. The molecule has 0 spiro atoms. The number of benzene rings is 1. The van der Waals surface area contributed by atoms with Crippen molar-refractivity contribution in [2.45, 2.75) is 20.0 Å². The van der Waals surface area contributed by atoms with E-state index in [4.69, 9.17) is 23.2 Å². The molecule has 120 valence electrons. The fourth-order valence-corrected chi connectivity index (χ4v) is 2.87. The number of pyridine rings is 1. The molecule has 1 aromatic carbocycles. The number of aromatic nitrogens is 1. The number of fused-ring (bicyclic) bond motifs is 1. The third-order valence-corrected chi connectivity index (χ3v) is 4.30. The molecule has 0 saturated heterocycles. The monoisotopic (exact) mass is 341 g/mol. The summed E-state index contributed by atoms with van der Waals surface area (Å²) in [5.74, 6) is 0. The Morgan fingerprint density at radius 1 is 1.18 bits per heavy atom. The van der Waals surface area contributed by atoms with Crippen LogP contribution in [0, 0.1) is 0 Å². The maximum Gasteiger partial charge on any atom is 0.0923 e. The summed E-state index contributed by atoms with van der Waals surface area (Å²) in [5, 5.41) is 15.3. The molecule has 0 saturated carbocycles. The number of aliphatic hydroxyl groups excluding tert-OH is 1. The fourth-order valence-electron chi connectivity index (χ4n) is 2.41. The highest BCUT2D eigenvalue weighted by atomic mass is 35.5. The van der Waals surface area contributed by atoms with Gasteiger partial charge in [0.2, 0.25) is 0 Å². The smallest absolute Gasteiger partial charge is 0.0923 e. The lowest BCUT2D eigenvalue weighted by Crippen LogP contribution is -2.35. The Morgan fingerprint density at radius 3 is 2.55 bits per heavy atom. The van der Waals surface area contributed by atoms with Crippen molar-refractivity contribution >= 4 is 39.8 Å². The van der Waals surface area contributed by atoms with Crippen LogP contribution in [0.1, 0.15) is 13.8 Å². The highest BCUT2D eigenvalue weighted by Gasteiger charge is 2.12. The van der Waals surface area contributed by atoms with E-state index in [2.05, 4.69) is 29.0 Å². The lowest BCUT2D eigenvalue weighted by atomic mass is 10.2. The quantitative estimate of drug-likeness (QED) is 0.806. The number of hydrogen-bond acceptors (Lipinski definition) is 4. The lowest BCUT2D eigenvalue weighted by molar-refractivity contribution is 0.128. The van der Waals surface area contributed by atoms with E-state index in [1.165, 1.54) is 0 Å². The molecule has 1 heterocycles. The number of hydrogen-bond donors (Lipinski definition) is 2. The molecule has 1 aromatic heterocycles. The second-order valence-corrected chi connectivity index (χ2v) is 5.95. The van der Waals surface area contributed by atoms with E-state index in [0.717, 1.165) is 24.2 Å². The van der Waals surface area contributed by atoms with E-state index >= 15 is 0 Å². The average molecular weight is 342 g/mol. The number of nitrogens with one attached hydrogen (secondary N) is 1. The van der Waals surface area contributed by atoms with Gasteiger partial charge >= 0.3 is 0 Å². The Hall–Kier alpha value is -1.07. The van der Waals surface area contributed by atoms with Gasteiger partial charge in [-0.3, -0.25) is 4.98 Å². The van der Waals surface area contributed by atoms with Crippen LogP contribution in [0.3, 0.4) is 0 Å². The molecule has 2 rings (SSSR count). The molecule has 0 amide bonds. The summed E-state index contributed by atoms with van der Waals surface area (Å²) >= 11 is 12.4. The van der Waals surface area contributed by atoms with Gasteiger partial charge in [0.05, 0.1) is 21.7 Å². The van der Waals surface area contributed by atoms with Crippen molar-refractivity contribution in [3.05, 3.63) is 34.4 Å². The highest BCUT2D eigenvalue weighted by molar-refractivity contribution is 6.40. The van der Waals surface area contributed by atoms with Crippen molar-refractivity contribution in [3.63, 3.8) is 0 Å². The number of rotatable bonds is 7. The van der Waals surface area contributed by atoms with Crippen LogP contribution in [0.2, 0.25) is 10.0 Å². The summed E-state index contributed by atoms with van der Waals surface area (Å²) < 4.78 is 0. The SMILES string of the molecule is CCN(CC)CC(O)CNc1ccnc2c(Cl)ccc(Cl)c12. The molecule has 0 bridgehead atoms. The zero-order valence-corrected chi connectivity index (χ0v) is 14.3. The van der Waals surface area contributed by atoms with E-state index in [1.54, 1.807) is 18.3 Å². The number of anilines is 1. The van der Waals surface area contributed by atoms with Gasteiger partial charge in [-0.15, -0.1) is 0 Å². The van der Waals surface area contributed by atoms with Crippen molar-refractivity contribution < 1.29 is 5.11 Å². The molecule has 0 aliphatic carbocycles. The fraction of sp³-hybridized carbons (Fsp3) is 0.438. The van der Waals surface area contributed by atoms with Crippen molar-refractivity contribution in [2.24, 2.45) is 0 Å². The Kier molecular flexibility index (Phi) is 6.26. The molecule has 1 unspecified atom stereocenters. The number of nitrogens with zero attached hydrogens (tertiary/aromatic N) is 2. The third kappa shape index (κ3) is 4.02. The predicted molar refractivity (Wildman–Crippen MR) is 94.0 cm³/mol. The zero-order valence-electron chi connectivity index (χ0n) is 12.8. The van der Waals surface area contributed by atoms with E-state index in [-0.39, 0.29) is 0 Å². The van der Waals surface area contributed by atoms with Gasteiger partial charge in [0.1, 0.15) is 0 Å². The van der Waals surface area contributed by atoms with E-state index in [1.807, 2.05) is 6.07 Å². The average Bonchev–Trinajstić information content (AvgIpc) is 2.54. The molecule has 0 aliphatic heterocycles. The first kappa shape index (κ1) is 17.3. The maximum atomic E-state index is 10.2. The molecular formula is C16H21Cl2N3O. The van der Waals surface area contributed by atoms with Crippen LogP contribution in [0.4, 0.5) is 5.69 Å². The first-order valence-electron chi connectivity index (χ1n) is 7.43. The molecule has 1 atom stereocenters. The van der Waals surface area contributed by atoms with Crippen LogP contribution in [0.5, 0.6) is 0 Å². The number of halogens is 2. The van der Waals surface area contributed by atoms with Crippen LogP contribution >= 0.6 is 23.2 Å². The Bertz CT molecular complexity index is 632. The molecule has 22 heavy (non-hydrogen) atoms. The molecule has 4 nitrogen and oxygen atoms in total. The van der Waals surface area contributed by atoms with Gasteiger partial charge in [0, 0.05) is 30.4 Å². The van der Waals surface area contributed by atoms with Crippen LogP contribution in [0.15, 0.2) is 24.4 Å². The van der Waals surface area contributed by atoms with Gasteiger partial charge in [0.15, 0.2) is 0 Å². The first-order chi connectivity index (χ1) is 10.6. The van der Waals surface area contributed by atoms with Gasteiger partial charge < -0.3 is 15.3 Å². The number of aliphatic hydroxyl groups is 1. The van der Waals surface area contributed by atoms with Crippen molar-refractivity contribution in [1.29, 1.82) is 0 Å². The van der Waals surface area contributed by atoms with Crippen LogP contribution in [-0.2, 0) is 0 Å². The standard InChI is InChI=1S/C16H21Cl2N3O/c1-3-21(4-2)10-11(22)9-20-14-7-8-19-16-13(18)6-5-12(17)15(14)16/h5-8,11,22H,3-4,9-10H2,1-2H3,(H,19,20). The summed E-state index contributed by atoms with van der Waals surface area (Å²) in [4.78, 5) is 6.46. The molecule has 2 N–H and O–H groups in total. The molecule has 0 fully saturated rings. The van der Waals surface area contributed by atoms with Crippen LogP contribution in [-0.4, -0.2) is 47.3 Å². The summed E-state index contributed by atoms with van der Waals surface area (Å²) in [6.07, 6.45) is 1.23. The van der Waals surface area contributed by atoms with Crippen molar-refractivity contribution in [3.8, 4) is 0 Å². The maximum absolute atomic E-state index is 10.2. The number of likely N-dealkylation sites (N-methyl/N-ethyl adjacent to an activating group) is 1. The Morgan fingerprint density at radius 2 is 1.86 bits per heavy atom. The van der Waals surface area contributed by atoms with Gasteiger partial charge in [-0.2, -0.15) is 0 Å². The van der Waals surface area contributed by atoms with E-state index in [9.17, 15) is 5.11 Å². The largest absolute Gasteiger partial charge is 0.390 e. The van der Waals surface area contributed by atoms with E-state index in [0.29, 0.717) is 28.7 Å². The second-order valence-electron chi connectivity index (χ2n) is 5.13. The molecule has 6 heteroatoms. The minimum absolute atomic E-state index is 0.443. The van der Waals surface area contributed by atoms with Gasteiger partial charge in [-0.25, -0.2) is 0 Å². The molecule has 0 aliphatic rings. The first-order valence-corrected chi connectivity index (χ1v) is 8.19. The van der Waals surface area contributed by atoms with Crippen molar-refractivity contribution in [2.75, 3.05) is 31.5 Å². The topological polar surface area (TPSA) is 48.4 Å². The Labute approximate surface area is 141 Å². The molecule has 0 radical (unpaired) electrons. The summed E-state index contributed by atoms with van der Waals surface area (Å²) in [6.45, 7) is 7.10.